The molecule has 7 nitrogen and oxygen atoms in total. The molecule has 210 valence electrons. The van der Waals surface area contributed by atoms with Crippen LogP contribution in [0.2, 0.25) is 0 Å². The van der Waals surface area contributed by atoms with E-state index in [0.29, 0.717) is 30.0 Å². The molecule has 1 aliphatic heterocycles. The number of hydrogen-bond acceptors (Lipinski definition) is 6. The van der Waals surface area contributed by atoms with Gasteiger partial charge >= 0.3 is 5.97 Å². The smallest absolute Gasteiger partial charge is 0.302 e. The van der Waals surface area contributed by atoms with E-state index >= 15 is 0 Å². The van der Waals surface area contributed by atoms with Gasteiger partial charge in [-0.3, -0.25) is 14.4 Å². The Kier molecular flexibility index (Phi) is 6.31. The number of Topliss-reactive ketones (excluding diaryl/α,β-unsaturated/α-hetero) is 1. The zero-order valence-electron chi connectivity index (χ0n) is 22.5. The van der Waals surface area contributed by atoms with Crippen molar-refractivity contribution in [1.82, 2.24) is 5.32 Å². The number of halogens is 2. The number of ketones is 1. The molecule has 1 spiro atoms. The van der Waals surface area contributed by atoms with Gasteiger partial charge in [-0.25, -0.2) is 0 Å². The van der Waals surface area contributed by atoms with Crippen molar-refractivity contribution >= 4 is 45.9 Å². The fourth-order valence-electron chi connectivity index (χ4n) is 9.31. The maximum atomic E-state index is 14.4. The van der Waals surface area contributed by atoms with Crippen molar-refractivity contribution < 1.29 is 29.3 Å². The summed E-state index contributed by atoms with van der Waals surface area (Å²) in [6.45, 7) is 6.46. The molecule has 5 aliphatic rings. The first kappa shape index (κ1) is 27.3. The molecule has 0 radical (unpaired) electrons. The van der Waals surface area contributed by atoms with Gasteiger partial charge in [0.2, 0.25) is 5.91 Å². The van der Waals surface area contributed by atoms with Gasteiger partial charge in [-0.1, -0.05) is 49.7 Å². The molecule has 0 bridgehead atoms. The van der Waals surface area contributed by atoms with Gasteiger partial charge in [0.15, 0.2) is 11.4 Å². The number of nitrogens with one attached hydrogen (secondary N) is 1. The normalized spacial score (nSPS) is 46.2. The van der Waals surface area contributed by atoms with E-state index in [1.807, 2.05) is 18.2 Å². The largest absolute Gasteiger partial charge is 0.461 e. The molecule has 1 amide bonds. The van der Waals surface area contributed by atoms with E-state index in [1.165, 1.54) is 13.8 Å². The lowest BCUT2D eigenvalue weighted by Gasteiger charge is -2.64. The number of benzene rings is 1. The number of aliphatic hydroxyl groups is 2. The number of amides is 1. The van der Waals surface area contributed by atoms with Crippen molar-refractivity contribution in [3.63, 3.8) is 0 Å². The first-order valence-electron chi connectivity index (χ1n) is 13.9. The van der Waals surface area contributed by atoms with Gasteiger partial charge in [0.25, 0.3) is 0 Å². The molecule has 6 rings (SSSR count). The van der Waals surface area contributed by atoms with Gasteiger partial charge in [-0.2, -0.15) is 0 Å². The van der Waals surface area contributed by atoms with Gasteiger partial charge in [0.05, 0.1) is 16.6 Å². The average molecular weight is 577 g/mol. The van der Waals surface area contributed by atoms with Crippen molar-refractivity contribution in [2.45, 2.75) is 70.1 Å². The number of esters is 1. The van der Waals surface area contributed by atoms with Crippen molar-refractivity contribution in [1.29, 1.82) is 0 Å². The maximum Gasteiger partial charge on any atom is 0.302 e. The molecule has 1 saturated heterocycles. The summed E-state index contributed by atoms with van der Waals surface area (Å²) < 4.78 is 6.08. The fraction of sp³-hybridized carbons (Fsp3) is 0.633. The quantitative estimate of drug-likeness (QED) is 0.366. The lowest BCUT2D eigenvalue weighted by atomic mass is 9.42. The number of allylic oxidation sites excluding steroid dienone is 1. The highest BCUT2D eigenvalue weighted by atomic mass is 35.5. The van der Waals surface area contributed by atoms with Crippen LogP contribution in [0, 0.1) is 46.8 Å². The van der Waals surface area contributed by atoms with E-state index in [4.69, 9.17) is 27.9 Å². The topological polar surface area (TPSA) is 113 Å². The third kappa shape index (κ3) is 3.39. The second-order valence-electron chi connectivity index (χ2n) is 12.6. The summed E-state index contributed by atoms with van der Waals surface area (Å²) in [4.78, 5) is 39.8. The van der Waals surface area contributed by atoms with Crippen LogP contribution >= 0.6 is 23.2 Å². The Bertz CT molecular complexity index is 1300. The molecule has 1 aromatic carbocycles. The summed E-state index contributed by atoms with van der Waals surface area (Å²) in [5, 5.41) is 26.3. The predicted octanol–water partition coefficient (Wildman–Crippen LogP) is 3.66. The molecular formula is C30H35Cl2NO6. The molecule has 12 atom stereocenters. The molecular weight excluding hydrogens is 541 g/mol. The molecule has 1 heterocycles. The van der Waals surface area contributed by atoms with Crippen LogP contribution in [0.4, 0.5) is 0 Å². The second kappa shape index (κ2) is 9.04. The van der Waals surface area contributed by atoms with Crippen LogP contribution in [0.3, 0.4) is 0 Å². The summed E-state index contributed by atoms with van der Waals surface area (Å²) in [6, 6.07) is 7.89. The Morgan fingerprint density at radius 2 is 1.82 bits per heavy atom. The first-order valence-corrected chi connectivity index (χ1v) is 14.7. The van der Waals surface area contributed by atoms with E-state index in [2.05, 4.69) is 18.3 Å². The zero-order chi connectivity index (χ0) is 28.2. The number of carbonyl (C=O) groups is 3. The van der Waals surface area contributed by atoms with Crippen LogP contribution in [0.25, 0.3) is 5.03 Å². The first-order chi connectivity index (χ1) is 18.4. The number of aliphatic hydroxyl groups excluding tert-OH is 1. The Hall–Kier alpha value is -1.93. The molecule has 4 fully saturated rings. The van der Waals surface area contributed by atoms with Gasteiger partial charge in [0.1, 0.15) is 6.10 Å². The molecule has 9 heteroatoms. The number of fused-ring (bicyclic) bond motifs is 2. The highest BCUT2D eigenvalue weighted by molar-refractivity contribution is 6.49. The molecule has 0 aromatic heterocycles. The SMILES string of the molecule is CC(=O)O[C@@H]1[C@H]2[C@@H](C[C@H](C)[C@@](O)(C(C)=O)[C@@H]2O)[C@H](Cl)[C@H]2C[C@H](C)[C@H]3Cc4ccccc4C(Cl)=C4NC(=O)[C@]21[C@H]43. The molecule has 4 aliphatic carbocycles. The molecule has 3 saturated carbocycles. The number of carbonyl (C=O) groups excluding carboxylic acids is 3. The third-order valence-corrected chi connectivity index (χ3v) is 12.0. The van der Waals surface area contributed by atoms with Gasteiger partial charge in [-0.05, 0) is 66.9 Å². The average Bonchev–Trinajstić information content (AvgIpc) is 3.12. The second-order valence-corrected chi connectivity index (χ2v) is 13.5. The monoisotopic (exact) mass is 575 g/mol. The maximum absolute atomic E-state index is 14.4. The minimum Gasteiger partial charge on any atom is -0.461 e. The third-order valence-electron chi connectivity index (χ3n) is 11.0. The number of ether oxygens (including phenoxy) is 1. The van der Waals surface area contributed by atoms with Crippen molar-refractivity contribution in [3.8, 4) is 0 Å². The standard InChI is InChI=1S/C30H35Cl2NO6/c1-12-9-20-23(31)19-10-13(2)30(38,14(3)34)26(36)21(19)27(39-15(4)35)29(20)22-18(12)11-16-7-5-6-8-17(16)24(32)25(22)33-28(29)37/h5-8,12-13,18-23,26-27,36,38H,9-11H2,1-4H3,(H,33,37)/t12-,13-,18+,19+,20+,21-,22-,23-,26+,27+,29-,30+/m0/s1. The lowest BCUT2D eigenvalue weighted by Crippen LogP contribution is -2.74. The van der Waals surface area contributed by atoms with Crippen molar-refractivity contribution in [2.75, 3.05) is 0 Å². The van der Waals surface area contributed by atoms with Crippen molar-refractivity contribution in [2.24, 2.45) is 46.8 Å². The highest BCUT2D eigenvalue weighted by Gasteiger charge is 2.76. The summed E-state index contributed by atoms with van der Waals surface area (Å²) in [6.07, 6.45) is -0.998. The molecule has 1 aromatic rings. The van der Waals surface area contributed by atoms with E-state index in [0.717, 1.165) is 11.1 Å². The molecule has 3 N–H and O–H groups in total. The van der Waals surface area contributed by atoms with Gasteiger partial charge < -0.3 is 20.3 Å². The van der Waals surface area contributed by atoms with Crippen molar-refractivity contribution in [3.05, 3.63) is 41.1 Å². The van der Waals surface area contributed by atoms with Crippen LogP contribution < -0.4 is 5.32 Å². The van der Waals surface area contributed by atoms with Crippen LogP contribution in [-0.2, 0) is 25.5 Å². The lowest BCUT2D eigenvalue weighted by molar-refractivity contribution is -0.244. The summed E-state index contributed by atoms with van der Waals surface area (Å²) in [5.74, 6) is -3.99. The van der Waals surface area contributed by atoms with Gasteiger partial charge in [-0.15, -0.1) is 11.6 Å². The predicted molar refractivity (Wildman–Crippen MR) is 145 cm³/mol. The van der Waals surface area contributed by atoms with E-state index in [1.54, 1.807) is 6.92 Å². The Morgan fingerprint density at radius 1 is 1.13 bits per heavy atom. The van der Waals surface area contributed by atoms with E-state index in [-0.39, 0.29) is 29.6 Å². The number of rotatable bonds is 2. The van der Waals surface area contributed by atoms with E-state index in [9.17, 15) is 24.6 Å². The van der Waals surface area contributed by atoms with Crippen LogP contribution in [-0.4, -0.2) is 51.1 Å². The van der Waals surface area contributed by atoms with Crippen LogP contribution in [0.1, 0.15) is 51.7 Å². The Labute approximate surface area is 238 Å². The zero-order valence-corrected chi connectivity index (χ0v) is 24.0. The Balaban J connectivity index is 1.60. The van der Waals surface area contributed by atoms with Crippen LogP contribution in [0.5, 0.6) is 0 Å². The Morgan fingerprint density at radius 3 is 2.49 bits per heavy atom. The van der Waals surface area contributed by atoms with E-state index < -0.39 is 58.1 Å². The number of hydrogen-bond donors (Lipinski definition) is 3. The molecule has 0 unspecified atom stereocenters. The summed E-state index contributed by atoms with van der Waals surface area (Å²) in [5.41, 5.74) is -0.809. The van der Waals surface area contributed by atoms with Gasteiger partial charge in [0, 0.05) is 29.8 Å². The highest BCUT2D eigenvalue weighted by Crippen LogP contribution is 2.69. The summed E-state index contributed by atoms with van der Waals surface area (Å²) in [7, 11) is 0. The van der Waals surface area contributed by atoms with Crippen LogP contribution in [0.15, 0.2) is 30.0 Å². The fourth-order valence-corrected chi connectivity index (χ4v) is 10.2. The summed E-state index contributed by atoms with van der Waals surface area (Å²) >= 11 is 14.4. The minimum absolute atomic E-state index is 0.0163. The number of alkyl halides is 1. The minimum atomic E-state index is -2.05. The molecule has 39 heavy (non-hydrogen) atoms.